The van der Waals surface area contributed by atoms with Crippen molar-refractivity contribution in [2.24, 2.45) is 5.73 Å². The first-order chi connectivity index (χ1) is 14.1. The number of piperidine rings is 1. The number of rotatable bonds is 4. The average molecular weight is 385 g/mol. The normalized spacial score (nSPS) is 16.4. The molecule has 1 atom stereocenters. The molecule has 1 aliphatic heterocycles. The quantitative estimate of drug-likeness (QED) is 0.741. The van der Waals surface area contributed by atoms with Crippen molar-refractivity contribution in [3.63, 3.8) is 0 Å². The maximum atomic E-state index is 12.8. The highest BCUT2D eigenvalue weighted by molar-refractivity contribution is 5.94. The van der Waals surface area contributed by atoms with Crippen LogP contribution in [0.4, 0.5) is 0 Å². The van der Waals surface area contributed by atoms with E-state index in [-0.39, 0.29) is 11.8 Å². The van der Waals surface area contributed by atoms with Crippen molar-refractivity contribution >= 4 is 11.8 Å². The van der Waals surface area contributed by atoms with E-state index in [1.807, 2.05) is 65.6 Å². The molecular formula is C24H23N3O2. The average Bonchev–Trinajstić information content (AvgIpc) is 2.79. The number of hydrogen-bond donors (Lipinski definition) is 1. The first kappa shape index (κ1) is 18.9. The Morgan fingerprint density at radius 2 is 1.69 bits per heavy atom. The summed E-state index contributed by atoms with van der Waals surface area (Å²) in [5.74, 6) is -0.193. The van der Waals surface area contributed by atoms with Gasteiger partial charge in [-0.05, 0) is 49.2 Å². The van der Waals surface area contributed by atoms with Crippen molar-refractivity contribution in [1.82, 2.24) is 9.88 Å². The minimum Gasteiger partial charge on any atom is -0.366 e. The lowest BCUT2D eigenvalue weighted by atomic mass is 9.93. The van der Waals surface area contributed by atoms with E-state index in [0.29, 0.717) is 12.1 Å². The van der Waals surface area contributed by atoms with Crippen LogP contribution >= 0.6 is 0 Å². The zero-order chi connectivity index (χ0) is 20.2. The summed E-state index contributed by atoms with van der Waals surface area (Å²) in [4.78, 5) is 31.1. The van der Waals surface area contributed by atoms with E-state index < -0.39 is 5.91 Å². The second-order valence-corrected chi connectivity index (χ2v) is 7.35. The standard InChI is InChI=1S/C24H23N3O2/c25-23(28)19-10-4-9-18(15-19)21-12-5-13-22(26-21)20-11-6-14-27(16-20)24(29)17-7-2-1-3-8-17/h1-5,7-10,12-13,15,20H,6,11,14,16H2,(H2,25,28)/t20-/m0/s1. The second-order valence-electron chi connectivity index (χ2n) is 7.35. The lowest BCUT2D eigenvalue weighted by molar-refractivity contribution is 0.0705. The van der Waals surface area contributed by atoms with E-state index in [4.69, 9.17) is 10.7 Å². The highest BCUT2D eigenvalue weighted by Crippen LogP contribution is 2.28. The van der Waals surface area contributed by atoms with Crippen molar-refractivity contribution in [1.29, 1.82) is 0 Å². The van der Waals surface area contributed by atoms with Crippen molar-refractivity contribution in [3.8, 4) is 11.3 Å². The highest BCUT2D eigenvalue weighted by atomic mass is 16.2. The van der Waals surface area contributed by atoms with Crippen LogP contribution in [0.5, 0.6) is 0 Å². The predicted octanol–water partition coefficient (Wildman–Crippen LogP) is 3.87. The van der Waals surface area contributed by atoms with E-state index in [0.717, 1.165) is 41.9 Å². The molecule has 29 heavy (non-hydrogen) atoms. The minimum absolute atomic E-state index is 0.0700. The summed E-state index contributed by atoms with van der Waals surface area (Å²) < 4.78 is 0. The predicted molar refractivity (Wildman–Crippen MR) is 113 cm³/mol. The maximum absolute atomic E-state index is 12.8. The number of hydrogen-bond acceptors (Lipinski definition) is 3. The van der Waals surface area contributed by atoms with Gasteiger partial charge in [0, 0.05) is 41.4 Å². The summed E-state index contributed by atoms with van der Waals surface area (Å²) >= 11 is 0. The molecule has 0 aliphatic carbocycles. The topological polar surface area (TPSA) is 76.3 Å². The molecule has 1 aliphatic rings. The molecule has 0 bridgehead atoms. The molecule has 4 rings (SSSR count). The van der Waals surface area contributed by atoms with Crippen LogP contribution in [-0.2, 0) is 0 Å². The third kappa shape index (κ3) is 4.19. The number of primary amides is 1. The van der Waals surface area contributed by atoms with E-state index >= 15 is 0 Å². The van der Waals surface area contributed by atoms with Crippen LogP contribution in [0.2, 0.25) is 0 Å². The fourth-order valence-electron chi connectivity index (χ4n) is 3.84. The van der Waals surface area contributed by atoms with Crippen molar-refractivity contribution in [2.45, 2.75) is 18.8 Å². The number of aromatic nitrogens is 1. The van der Waals surface area contributed by atoms with Crippen LogP contribution in [0, 0.1) is 0 Å². The lowest BCUT2D eigenvalue weighted by Gasteiger charge is -2.32. The summed E-state index contributed by atoms with van der Waals surface area (Å²) in [5.41, 5.74) is 9.22. The smallest absolute Gasteiger partial charge is 0.253 e. The second kappa shape index (κ2) is 8.27. The van der Waals surface area contributed by atoms with E-state index in [1.165, 1.54) is 0 Å². The molecule has 2 N–H and O–H groups in total. The van der Waals surface area contributed by atoms with Gasteiger partial charge in [0.25, 0.3) is 5.91 Å². The first-order valence-corrected chi connectivity index (χ1v) is 9.83. The molecule has 3 aromatic rings. The molecule has 0 saturated carbocycles. The van der Waals surface area contributed by atoms with Gasteiger partial charge < -0.3 is 10.6 Å². The van der Waals surface area contributed by atoms with Gasteiger partial charge in [0.1, 0.15) is 0 Å². The zero-order valence-corrected chi connectivity index (χ0v) is 16.1. The summed E-state index contributed by atoms with van der Waals surface area (Å²) in [7, 11) is 0. The van der Waals surface area contributed by atoms with Gasteiger partial charge in [-0.25, -0.2) is 0 Å². The van der Waals surface area contributed by atoms with Gasteiger partial charge in [0.05, 0.1) is 5.69 Å². The Kier molecular flexibility index (Phi) is 5.38. The number of pyridine rings is 1. The third-order valence-electron chi connectivity index (χ3n) is 5.36. The summed E-state index contributed by atoms with van der Waals surface area (Å²) in [6.07, 6.45) is 1.95. The molecule has 5 heteroatoms. The fourth-order valence-corrected chi connectivity index (χ4v) is 3.84. The largest absolute Gasteiger partial charge is 0.366 e. The van der Waals surface area contributed by atoms with Crippen molar-refractivity contribution in [2.75, 3.05) is 13.1 Å². The van der Waals surface area contributed by atoms with Crippen LogP contribution in [0.25, 0.3) is 11.3 Å². The van der Waals surface area contributed by atoms with Crippen LogP contribution in [0.15, 0.2) is 72.8 Å². The van der Waals surface area contributed by atoms with Crippen LogP contribution < -0.4 is 5.73 Å². The Morgan fingerprint density at radius 3 is 2.48 bits per heavy atom. The number of nitrogens with zero attached hydrogens (tertiary/aromatic N) is 2. The number of benzene rings is 2. The lowest BCUT2D eigenvalue weighted by Crippen LogP contribution is -2.39. The van der Waals surface area contributed by atoms with Gasteiger partial charge in [-0.1, -0.05) is 36.4 Å². The zero-order valence-electron chi connectivity index (χ0n) is 16.1. The van der Waals surface area contributed by atoms with E-state index in [1.54, 1.807) is 12.1 Å². The fraction of sp³-hybridized carbons (Fsp3) is 0.208. The summed E-state index contributed by atoms with van der Waals surface area (Å²) in [6.45, 7) is 1.43. The molecule has 1 saturated heterocycles. The minimum atomic E-state index is -0.453. The molecule has 5 nitrogen and oxygen atoms in total. The molecule has 1 aromatic heterocycles. The molecule has 0 spiro atoms. The van der Waals surface area contributed by atoms with Crippen molar-refractivity contribution < 1.29 is 9.59 Å². The number of amides is 2. The summed E-state index contributed by atoms with van der Waals surface area (Å²) in [5, 5.41) is 0. The monoisotopic (exact) mass is 385 g/mol. The molecule has 2 heterocycles. The molecule has 2 amide bonds. The van der Waals surface area contributed by atoms with Gasteiger partial charge in [0.15, 0.2) is 0 Å². The number of carbonyl (C=O) groups is 2. The van der Waals surface area contributed by atoms with Crippen LogP contribution in [0.3, 0.4) is 0 Å². The van der Waals surface area contributed by atoms with Crippen LogP contribution in [0.1, 0.15) is 45.2 Å². The van der Waals surface area contributed by atoms with Gasteiger partial charge in [0.2, 0.25) is 5.91 Å². The first-order valence-electron chi connectivity index (χ1n) is 9.83. The molecule has 2 aromatic carbocycles. The summed E-state index contributed by atoms with van der Waals surface area (Å²) in [6, 6.07) is 22.5. The SMILES string of the molecule is NC(=O)c1cccc(-c2cccc([C@H]3CCCN(C(=O)c4ccccc4)C3)n2)c1. The Morgan fingerprint density at radius 1 is 0.931 bits per heavy atom. The Bertz CT molecular complexity index is 1030. The number of likely N-dealkylation sites (tertiary alicyclic amines) is 1. The van der Waals surface area contributed by atoms with Gasteiger partial charge in [-0.2, -0.15) is 0 Å². The Labute approximate surface area is 170 Å². The third-order valence-corrected chi connectivity index (χ3v) is 5.36. The number of nitrogens with two attached hydrogens (primary N) is 1. The molecule has 0 unspecified atom stereocenters. The van der Waals surface area contributed by atoms with E-state index in [2.05, 4.69) is 0 Å². The molecule has 146 valence electrons. The van der Waals surface area contributed by atoms with E-state index in [9.17, 15) is 9.59 Å². The van der Waals surface area contributed by atoms with Crippen molar-refractivity contribution in [3.05, 3.63) is 89.6 Å². The molecular weight excluding hydrogens is 362 g/mol. The Balaban J connectivity index is 1.56. The van der Waals surface area contributed by atoms with Gasteiger partial charge in [-0.3, -0.25) is 14.6 Å². The van der Waals surface area contributed by atoms with Gasteiger partial charge >= 0.3 is 0 Å². The van der Waals surface area contributed by atoms with Crippen LogP contribution in [-0.4, -0.2) is 34.8 Å². The number of carbonyl (C=O) groups excluding carboxylic acids is 2. The maximum Gasteiger partial charge on any atom is 0.253 e. The van der Waals surface area contributed by atoms with Gasteiger partial charge in [-0.15, -0.1) is 0 Å². The Hall–Kier alpha value is -3.47. The molecule has 0 radical (unpaired) electrons. The highest BCUT2D eigenvalue weighted by Gasteiger charge is 2.26. The molecule has 1 fully saturated rings.